The van der Waals surface area contributed by atoms with Crippen LogP contribution >= 0.6 is 0 Å². The highest BCUT2D eigenvalue weighted by molar-refractivity contribution is 5.46. The quantitative estimate of drug-likeness (QED) is 0.774. The molecule has 0 saturated carbocycles. The van der Waals surface area contributed by atoms with Crippen molar-refractivity contribution in [3.05, 3.63) is 58.7 Å². The predicted molar refractivity (Wildman–Crippen MR) is 111 cm³/mol. The number of aliphatic hydroxyl groups excluding tert-OH is 2. The lowest BCUT2D eigenvalue weighted by Gasteiger charge is -2.26. The molecule has 3 heterocycles. The molecule has 2 aromatic carbocycles. The lowest BCUT2D eigenvalue weighted by molar-refractivity contribution is -0.226. The molecule has 1 unspecified atom stereocenters. The predicted octanol–water partition coefficient (Wildman–Crippen LogP) is 2.63. The highest BCUT2D eigenvalue weighted by atomic mass is 16.8. The molecule has 3 aliphatic heterocycles. The van der Waals surface area contributed by atoms with Crippen molar-refractivity contribution in [2.45, 2.75) is 63.7 Å². The van der Waals surface area contributed by atoms with Gasteiger partial charge in [-0.15, -0.1) is 0 Å². The number of benzene rings is 2. The molecular weight excluding hydrogens is 400 g/mol. The number of rotatable bonds is 4. The first-order valence-electron chi connectivity index (χ1n) is 10.7. The summed E-state index contributed by atoms with van der Waals surface area (Å²) in [5.41, 5.74) is 3.97. The van der Waals surface area contributed by atoms with Crippen LogP contribution in [0, 0.1) is 6.92 Å². The van der Waals surface area contributed by atoms with E-state index in [0.717, 1.165) is 28.2 Å². The summed E-state index contributed by atoms with van der Waals surface area (Å²) in [7, 11) is 0. The number of hydrogen-bond acceptors (Lipinski definition) is 7. The van der Waals surface area contributed by atoms with E-state index in [4.69, 9.17) is 23.7 Å². The molecule has 2 N–H and O–H groups in total. The summed E-state index contributed by atoms with van der Waals surface area (Å²) >= 11 is 0. The number of fused-ring (bicyclic) bond motifs is 2. The van der Waals surface area contributed by atoms with Gasteiger partial charge in [0, 0.05) is 0 Å². The molecule has 0 amide bonds. The SMILES string of the molecule is Cc1ccc(C(O)[C@H]2O[C@@H]3OC(C)(C)O[C@@H]3[C@H]2O)cc1Cc1ccc2c(c1)OCCO2. The summed E-state index contributed by atoms with van der Waals surface area (Å²) in [6.07, 6.45) is -3.43. The Hall–Kier alpha value is -2.16. The Bertz CT molecular complexity index is 972. The normalized spacial score (nSPS) is 29.6. The Morgan fingerprint density at radius 2 is 1.81 bits per heavy atom. The van der Waals surface area contributed by atoms with Gasteiger partial charge in [-0.25, -0.2) is 0 Å². The average molecular weight is 428 g/mol. The van der Waals surface area contributed by atoms with Crippen molar-refractivity contribution in [1.82, 2.24) is 0 Å². The fraction of sp³-hybridized carbons (Fsp3) is 0.500. The molecule has 31 heavy (non-hydrogen) atoms. The second-order valence-corrected chi connectivity index (χ2v) is 8.85. The minimum Gasteiger partial charge on any atom is -0.486 e. The second kappa shape index (κ2) is 7.76. The summed E-state index contributed by atoms with van der Waals surface area (Å²) in [6, 6.07) is 11.8. The van der Waals surface area contributed by atoms with E-state index in [1.54, 1.807) is 13.8 Å². The van der Waals surface area contributed by atoms with Gasteiger partial charge in [0.15, 0.2) is 23.6 Å². The Labute approximate surface area is 181 Å². The zero-order chi connectivity index (χ0) is 21.8. The molecule has 5 atom stereocenters. The third kappa shape index (κ3) is 3.92. The first-order valence-corrected chi connectivity index (χ1v) is 10.7. The van der Waals surface area contributed by atoms with E-state index in [9.17, 15) is 10.2 Å². The van der Waals surface area contributed by atoms with Crippen LogP contribution in [0.5, 0.6) is 11.5 Å². The molecule has 7 heteroatoms. The molecule has 0 spiro atoms. The smallest absolute Gasteiger partial charge is 0.190 e. The lowest BCUT2D eigenvalue weighted by atomic mass is 9.93. The highest BCUT2D eigenvalue weighted by Gasteiger charge is 2.56. The monoisotopic (exact) mass is 428 g/mol. The van der Waals surface area contributed by atoms with Gasteiger partial charge in [0.05, 0.1) is 0 Å². The Balaban J connectivity index is 1.34. The van der Waals surface area contributed by atoms with Gasteiger partial charge in [0.2, 0.25) is 0 Å². The van der Waals surface area contributed by atoms with E-state index in [0.29, 0.717) is 25.2 Å². The second-order valence-electron chi connectivity index (χ2n) is 8.85. The van der Waals surface area contributed by atoms with Crippen molar-refractivity contribution in [2.75, 3.05) is 13.2 Å². The summed E-state index contributed by atoms with van der Waals surface area (Å²) in [5, 5.41) is 21.7. The first kappa shape index (κ1) is 20.7. The first-order chi connectivity index (χ1) is 14.8. The van der Waals surface area contributed by atoms with E-state index in [1.807, 2.05) is 43.3 Å². The molecule has 5 rings (SSSR count). The maximum atomic E-state index is 11.0. The Kier molecular flexibility index (Phi) is 5.19. The topological polar surface area (TPSA) is 86.6 Å². The average Bonchev–Trinajstić information content (AvgIpc) is 3.21. The third-order valence-electron chi connectivity index (χ3n) is 6.08. The zero-order valence-corrected chi connectivity index (χ0v) is 17.9. The standard InChI is InChI=1S/C24H28O7/c1-13-4-6-15(19(25)21-20(26)22-23(29-21)31-24(2,3)30-22)12-16(13)10-14-5-7-17-18(11-14)28-9-8-27-17/h4-7,11-12,19-23,25-26H,8-10H2,1-3H3/t19?,20-,21+,22+,23+/m0/s1. The van der Waals surface area contributed by atoms with Gasteiger partial charge in [-0.2, -0.15) is 0 Å². The van der Waals surface area contributed by atoms with Crippen LogP contribution in [0.2, 0.25) is 0 Å². The van der Waals surface area contributed by atoms with Gasteiger partial charge < -0.3 is 33.9 Å². The van der Waals surface area contributed by atoms with Crippen molar-refractivity contribution in [3.8, 4) is 11.5 Å². The minimum atomic E-state index is -1.00. The third-order valence-corrected chi connectivity index (χ3v) is 6.08. The molecule has 2 aromatic rings. The molecule has 0 bridgehead atoms. The molecule has 166 valence electrons. The number of aryl methyl sites for hydroxylation is 1. The van der Waals surface area contributed by atoms with E-state index in [-0.39, 0.29) is 0 Å². The molecule has 0 aliphatic carbocycles. The van der Waals surface area contributed by atoms with Crippen LogP contribution in [-0.2, 0) is 20.6 Å². The summed E-state index contributed by atoms with van der Waals surface area (Å²) in [4.78, 5) is 0. The van der Waals surface area contributed by atoms with E-state index in [1.165, 1.54) is 0 Å². The van der Waals surface area contributed by atoms with Crippen molar-refractivity contribution < 1.29 is 33.9 Å². The molecular formula is C24H28O7. The van der Waals surface area contributed by atoms with Crippen molar-refractivity contribution in [1.29, 1.82) is 0 Å². The van der Waals surface area contributed by atoms with Gasteiger partial charge in [0.25, 0.3) is 0 Å². The fourth-order valence-corrected chi connectivity index (χ4v) is 4.45. The van der Waals surface area contributed by atoms with Crippen LogP contribution in [0.25, 0.3) is 0 Å². The zero-order valence-electron chi connectivity index (χ0n) is 17.9. The van der Waals surface area contributed by atoms with Crippen LogP contribution in [0.15, 0.2) is 36.4 Å². The fourth-order valence-electron chi connectivity index (χ4n) is 4.45. The van der Waals surface area contributed by atoms with Gasteiger partial charge >= 0.3 is 0 Å². The number of ether oxygens (including phenoxy) is 5. The highest BCUT2D eigenvalue weighted by Crippen LogP contribution is 2.41. The molecule has 0 radical (unpaired) electrons. The molecule has 0 aromatic heterocycles. The van der Waals surface area contributed by atoms with Gasteiger partial charge in [-0.05, 0) is 61.6 Å². The van der Waals surface area contributed by atoms with Crippen molar-refractivity contribution >= 4 is 0 Å². The molecule has 2 fully saturated rings. The maximum Gasteiger partial charge on any atom is 0.190 e. The summed E-state index contributed by atoms with van der Waals surface area (Å²) in [6.45, 7) is 6.70. The van der Waals surface area contributed by atoms with Crippen LogP contribution < -0.4 is 9.47 Å². The van der Waals surface area contributed by atoms with Crippen LogP contribution in [0.4, 0.5) is 0 Å². The maximum absolute atomic E-state index is 11.0. The van der Waals surface area contributed by atoms with Crippen molar-refractivity contribution in [2.24, 2.45) is 0 Å². The van der Waals surface area contributed by atoms with Crippen LogP contribution in [-0.4, -0.2) is 53.8 Å². The summed E-state index contributed by atoms with van der Waals surface area (Å²) in [5.74, 6) is 0.711. The lowest BCUT2D eigenvalue weighted by Crippen LogP contribution is -2.37. The molecule has 3 aliphatic rings. The van der Waals surface area contributed by atoms with E-state index >= 15 is 0 Å². The number of hydrogen-bond donors (Lipinski definition) is 2. The minimum absolute atomic E-state index is 0.549. The van der Waals surface area contributed by atoms with Crippen LogP contribution in [0.1, 0.15) is 42.2 Å². The van der Waals surface area contributed by atoms with Crippen molar-refractivity contribution in [3.63, 3.8) is 0 Å². The number of aliphatic hydroxyl groups is 2. The Morgan fingerprint density at radius 1 is 1.03 bits per heavy atom. The van der Waals surface area contributed by atoms with E-state index in [2.05, 4.69) is 0 Å². The van der Waals surface area contributed by atoms with E-state index < -0.39 is 36.5 Å². The van der Waals surface area contributed by atoms with Gasteiger partial charge in [-0.3, -0.25) is 0 Å². The Morgan fingerprint density at radius 3 is 2.58 bits per heavy atom. The van der Waals surface area contributed by atoms with Crippen LogP contribution in [0.3, 0.4) is 0 Å². The van der Waals surface area contributed by atoms with Gasteiger partial charge in [-0.1, -0.05) is 24.3 Å². The molecule has 2 saturated heterocycles. The largest absolute Gasteiger partial charge is 0.486 e. The molecule has 7 nitrogen and oxygen atoms in total. The summed E-state index contributed by atoms with van der Waals surface area (Å²) < 4.78 is 28.5. The van der Waals surface area contributed by atoms with Gasteiger partial charge in [0.1, 0.15) is 37.6 Å².